The van der Waals surface area contributed by atoms with Crippen LogP contribution in [0, 0.1) is 11.6 Å². The van der Waals surface area contributed by atoms with Gasteiger partial charge in [-0.25, -0.2) is 8.78 Å². The van der Waals surface area contributed by atoms with E-state index in [0.29, 0.717) is 11.1 Å². The Hall–Kier alpha value is -2.53. The van der Waals surface area contributed by atoms with Gasteiger partial charge in [-0.05, 0) is 26.0 Å². The summed E-state index contributed by atoms with van der Waals surface area (Å²) in [6.45, 7) is 3.48. The van der Waals surface area contributed by atoms with Crippen LogP contribution in [0.5, 0.6) is 0 Å². The van der Waals surface area contributed by atoms with Crippen molar-refractivity contribution in [3.8, 4) is 0 Å². The van der Waals surface area contributed by atoms with Crippen LogP contribution in [0.4, 0.5) is 8.78 Å². The highest BCUT2D eigenvalue weighted by Crippen LogP contribution is 2.22. The van der Waals surface area contributed by atoms with Crippen LogP contribution < -0.4 is 5.32 Å². The lowest BCUT2D eigenvalue weighted by Gasteiger charge is -2.20. The van der Waals surface area contributed by atoms with Crippen molar-refractivity contribution < 1.29 is 13.6 Å². The topological polar surface area (TPSA) is 44.9 Å². The highest BCUT2D eigenvalue weighted by molar-refractivity contribution is 6.10. The van der Waals surface area contributed by atoms with Gasteiger partial charge in [-0.2, -0.15) is 0 Å². The van der Waals surface area contributed by atoms with Gasteiger partial charge in [-0.1, -0.05) is 24.3 Å². The number of hydrogen-bond donors (Lipinski definition) is 2. The first kappa shape index (κ1) is 16.3. The average Bonchev–Trinajstić information content (AvgIpc) is 2.97. The van der Waals surface area contributed by atoms with Crippen LogP contribution in [0.2, 0.25) is 0 Å². The number of benzene rings is 2. The lowest BCUT2D eigenvalue weighted by Crippen LogP contribution is -2.36. The second-order valence-corrected chi connectivity index (χ2v) is 5.89. The number of aromatic nitrogens is 1. The van der Waals surface area contributed by atoms with Gasteiger partial charge in [0.25, 0.3) is 0 Å². The van der Waals surface area contributed by atoms with Gasteiger partial charge in [-0.15, -0.1) is 0 Å². The number of aromatic amines is 1. The second kappa shape index (κ2) is 6.53. The van der Waals surface area contributed by atoms with Crippen molar-refractivity contribution in [3.05, 3.63) is 71.4 Å². The normalized spacial score (nSPS) is 13.8. The number of fused-ring (bicyclic) bond motifs is 1. The number of Topliss-reactive ketones (excluding diaryl/α,β-unsaturated/α-hetero) is 1. The minimum atomic E-state index is -0.623. The Bertz CT molecular complexity index is 888. The molecule has 124 valence electrons. The molecule has 1 heterocycles. The molecule has 0 spiro atoms. The van der Waals surface area contributed by atoms with Crippen molar-refractivity contribution >= 4 is 16.7 Å². The van der Waals surface area contributed by atoms with Gasteiger partial charge in [0.2, 0.25) is 0 Å². The number of hydrogen-bond acceptors (Lipinski definition) is 2. The van der Waals surface area contributed by atoms with Gasteiger partial charge in [-0.3, -0.25) is 4.79 Å². The number of H-pyrrole nitrogens is 1. The van der Waals surface area contributed by atoms with Crippen molar-refractivity contribution in [2.75, 3.05) is 0 Å². The summed E-state index contributed by atoms with van der Waals surface area (Å²) in [6.07, 6.45) is 1.69. The number of nitrogens with one attached hydrogen (secondary N) is 2. The zero-order valence-corrected chi connectivity index (χ0v) is 13.4. The van der Waals surface area contributed by atoms with Gasteiger partial charge in [0.15, 0.2) is 5.78 Å². The molecule has 2 N–H and O–H groups in total. The molecule has 0 bridgehead atoms. The van der Waals surface area contributed by atoms with Gasteiger partial charge < -0.3 is 10.3 Å². The summed E-state index contributed by atoms with van der Waals surface area (Å²) in [6, 6.07) is 10.1. The maximum absolute atomic E-state index is 13.9. The van der Waals surface area contributed by atoms with Crippen molar-refractivity contribution in [3.63, 3.8) is 0 Å². The molecule has 0 fully saturated rings. The smallest absolute Gasteiger partial charge is 0.181 e. The minimum Gasteiger partial charge on any atom is -0.360 e. The van der Waals surface area contributed by atoms with E-state index in [1.54, 1.807) is 20.0 Å². The molecule has 2 atom stereocenters. The predicted molar refractivity (Wildman–Crippen MR) is 90.0 cm³/mol. The van der Waals surface area contributed by atoms with Crippen molar-refractivity contribution in [2.24, 2.45) is 0 Å². The standard InChI is InChI=1S/C19H18F2N2O/c1-11(14-8-7-13(20)9-17(14)21)23-12(2)19(24)16-10-22-18-6-4-3-5-15(16)18/h3-12,22-23H,1-2H3/t11-,12+/m1/s1. The predicted octanol–water partition coefficient (Wildman–Crippen LogP) is 4.37. The van der Waals surface area contributed by atoms with Gasteiger partial charge in [0.1, 0.15) is 11.6 Å². The lowest BCUT2D eigenvalue weighted by atomic mass is 10.0. The molecule has 0 radical (unpaired) electrons. The average molecular weight is 328 g/mol. The van der Waals surface area contributed by atoms with Gasteiger partial charge in [0, 0.05) is 40.3 Å². The van der Waals surface area contributed by atoms with Crippen molar-refractivity contribution in [1.82, 2.24) is 10.3 Å². The van der Waals surface area contributed by atoms with E-state index in [-0.39, 0.29) is 5.78 Å². The van der Waals surface area contributed by atoms with Crippen LogP contribution in [-0.2, 0) is 0 Å². The molecule has 5 heteroatoms. The van der Waals surface area contributed by atoms with Crippen LogP contribution in [0.15, 0.2) is 48.7 Å². The molecule has 1 aromatic heterocycles. The molecule has 3 rings (SSSR count). The molecule has 0 saturated heterocycles. The first-order valence-corrected chi connectivity index (χ1v) is 7.78. The molecule has 0 unspecified atom stereocenters. The van der Waals surface area contributed by atoms with E-state index >= 15 is 0 Å². The number of para-hydroxylation sites is 1. The number of rotatable bonds is 5. The lowest BCUT2D eigenvalue weighted by molar-refractivity contribution is 0.0947. The summed E-state index contributed by atoms with van der Waals surface area (Å²) >= 11 is 0. The van der Waals surface area contributed by atoms with Crippen LogP contribution >= 0.6 is 0 Å². The van der Waals surface area contributed by atoms with E-state index < -0.39 is 23.7 Å². The van der Waals surface area contributed by atoms with Crippen molar-refractivity contribution in [2.45, 2.75) is 25.9 Å². The fraction of sp³-hybridized carbons (Fsp3) is 0.211. The van der Waals surface area contributed by atoms with E-state index in [9.17, 15) is 13.6 Å². The molecule has 0 aliphatic carbocycles. The molecule has 0 aliphatic rings. The van der Waals surface area contributed by atoms with Gasteiger partial charge in [0.05, 0.1) is 6.04 Å². The van der Waals surface area contributed by atoms with E-state index in [4.69, 9.17) is 0 Å². The summed E-state index contributed by atoms with van der Waals surface area (Å²) in [5, 5.41) is 3.94. The quantitative estimate of drug-likeness (QED) is 0.683. The van der Waals surface area contributed by atoms with Crippen LogP contribution in [0.3, 0.4) is 0 Å². The second-order valence-electron chi connectivity index (χ2n) is 5.89. The number of carbonyl (C=O) groups excluding carboxylic acids is 1. The first-order valence-electron chi connectivity index (χ1n) is 7.78. The van der Waals surface area contributed by atoms with E-state index in [0.717, 1.165) is 17.0 Å². The molecule has 0 aliphatic heterocycles. The number of halogens is 2. The van der Waals surface area contributed by atoms with Crippen LogP contribution in [-0.4, -0.2) is 16.8 Å². The monoisotopic (exact) mass is 328 g/mol. The molecule has 24 heavy (non-hydrogen) atoms. The highest BCUT2D eigenvalue weighted by Gasteiger charge is 2.21. The molecule has 0 saturated carbocycles. The maximum Gasteiger partial charge on any atom is 0.181 e. The summed E-state index contributed by atoms with van der Waals surface area (Å²) in [4.78, 5) is 15.8. The Morgan fingerprint density at radius 1 is 1.12 bits per heavy atom. The molecule has 0 amide bonds. The summed E-state index contributed by atoms with van der Waals surface area (Å²) < 4.78 is 26.9. The minimum absolute atomic E-state index is 0.0816. The Labute approximate surface area is 138 Å². The Morgan fingerprint density at radius 3 is 2.62 bits per heavy atom. The Kier molecular flexibility index (Phi) is 4.44. The Balaban J connectivity index is 1.79. The van der Waals surface area contributed by atoms with E-state index in [2.05, 4.69) is 10.3 Å². The fourth-order valence-corrected chi connectivity index (χ4v) is 2.90. The SMILES string of the molecule is C[C@H](N[C@H](C)c1ccc(F)cc1F)C(=O)c1c[nH]c2ccccc12. The molecule has 3 aromatic rings. The Morgan fingerprint density at radius 2 is 1.88 bits per heavy atom. The zero-order chi connectivity index (χ0) is 17.3. The zero-order valence-electron chi connectivity index (χ0n) is 13.4. The highest BCUT2D eigenvalue weighted by atomic mass is 19.1. The molecular formula is C19H18F2N2O. The third-order valence-electron chi connectivity index (χ3n) is 4.18. The fourth-order valence-electron chi connectivity index (χ4n) is 2.90. The van der Waals surface area contributed by atoms with Crippen LogP contribution in [0.25, 0.3) is 10.9 Å². The van der Waals surface area contributed by atoms with Gasteiger partial charge >= 0.3 is 0 Å². The van der Waals surface area contributed by atoms with Crippen LogP contribution in [0.1, 0.15) is 35.8 Å². The summed E-state index contributed by atoms with van der Waals surface area (Å²) in [7, 11) is 0. The number of ketones is 1. The largest absolute Gasteiger partial charge is 0.360 e. The third kappa shape index (κ3) is 3.08. The first-order chi connectivity index (χ1) is 11.5. The van der Waals surface area contributed by atoms with E-state index in [1.807, 2.05) is 24.3 Å². The summed E-state index contributed by atoms with van der Waals surface area (Å²) in [5.41, 5.74) is 1.82. The van der Waals surface area contributed by atoms with Crippen molar-refractivity contribution in [1.29, 1.82) is 0 Å². The number of carbonyl (C=O) groups is 1. The summed E-state index contributed by atoms with van der Waals surface area (Å²) in [5.74, 6) is -1.32. The third-order valence-corrected chi connectivity index (χ3v) is 4.18. The maximum atomic E-state index is 13.9. The van der Waals surface area contributed by atoms with E-state index in [1.165, 1.54) is 12.1 Å². The molecule has 2 aromatic carbocycles. The molecule has 3 nitrogen and oxygen atoms in total. The molecular weight excluding hydrogens is 310 g/mol.